The molecule has 0 saturated carbocycles. The van der Waals surface area contributed by atoms with Crippen molar-refractivity contribution in [1.29, 1.82) is 0 Å². The number of esters is 1. The number of alkyl halides is 2. The van der Waals surface area contributed by atoms with Gasteiger partial charge in [-0.2, -0.15) is 4.33 Å². The van der Waals surface area contributed by atoms with Crippen molar-refractivity contribution in [3.05, 3.63) is 53.8 Å². The zero-order valence-electron chi connectivity index (χ0n) is 14.9. The van der Waals surface area contributed by atoms with Gasteiger partial charge in [0.15, 0.2) is 5.76 Å². The largest absolute Gasteiger partial charge is 0.462 e. The summed E-state index contributed by atoms with van der Waals surface area (Å²) in [6.07, 6.45) is -2.79. The van der Waals surface area contributed by atoms with Gasteiger partial charge in [-0.3, -0.25) is 0 Å². The van der Waals surface area contributed by atoms with Crippen LogP contribution in [0.3, 0.4) is 0 Å². The van der Waals surface area contributed by atoms with E-state index in [4.69, 9.17) is 18.2 Å². The van der Waals surface area contributed by atoms with Crippen molar-refractivity contribution in [3.8, 4) is 11.5 Å². The fourth-order valence-electron chi connectivity index (χ4n) is 2.41. The highest BCUT2D eigenvalue weighted by Crippen LogP contribution is 2.37. The monoisotopic (exact) mass is 410 g/mol. The van der Waals surface area contributed by atoms with Gasteiger partial charge in [-0.25, -0.2) is 18.5 Å². The maximum atomic E-state index is 13.0. The van der Waals surface area contributed by atoms with Crippen molar-refractivity contribution >= 4 is 29.0 Å². The van der Waals surface area contributed by atoms with Gasteiger partial charge in [0.05, 0.1) is 36.7 Å². The molecule has 1 heterocycles. The minimum atomic E-state index is -2.79. The number of halogens is 2. The van der Waals surface area contributed by atoms with Crippen molar-refractivity contribution in [2.45, 2.75) is 18.2 Å². The summed E-state index contributed by atoms with van der Waals surface area (Å²) in [5.74, 6) is -0.481. The number of rotatable bonds is 8. The fourth-order valence-corrected chi connectivity index (χ4v) is 2.81. The van der Waals surface area contributed by atoms with Crippen LogP contribution >= 0.6 is 12.0 Å². The second-order valence-electron chi connectivity index (χ2n) is 5.45. The van der Waals surface area contributed by atoms with Crippen LogP contribution in [-0.2, 0) is 14.0 Å². The Bertz CT molecular complexity index is 955. The number of fused-ring (bicyclic) bond motifs is 1. The van der Waals surface area contributed by atoms with E-state index < -0.39 is 18.2 Å². The molecule has 0 spiro atoms. The molecule has 28 heavy (non-hydrogen) atoms. The predicted molar refractivity (Wildman–Crippen MR) is 97.6 cm³/mol. The number of hydrogen-bond donors (Lipinski definition) is 0. The van der Waals surface area contributed by atoms with Crippen LogP contribution < -0.4 is 4.74 Å². The first kappa shape index (κ1) is 20.1. The first-order valence-corrected chi connectivity index (χ1v) is 8.94. The summed E-state index contributed by atoms with van der Waals surface area (Å²) in [7, 11) is 1.39. The highest BCUT2D eigenvalue weighted by atomic mass is 32.2. The van der Waals surface area contributed by atoms with E-state index in [1.807, 2.05) is 0 Å². The number of carbonyl (C=O) groups is 1. The lowest BCUT2D eigenvalue weighted by atomic mass is 10.1. The van der Waals surface area contributed by atoms with Gasteiger partial charge in [-0.15, -0.1) is 0 Å². The summed E-state index contributed by atoms with van der Waals surface area (Å²) in [6, 6.07) is 10.8. The van der Waals surface area contributed by atoms with Crippen molar-refractivity contribution in [2.24, 2.45) is 0 Å². The molecular weight excluding hydrogens is 394 g/mol. The highest BCUT2D eigenvalue weighted by molar-refractivity contribution is 7.94. The maximum absolute atomic E-state index is 13.0. The van der Waals surface area contributed by atoms with E-state index in [0.29, 0.717) is 11.1 Å². The van der Waals surface area contributed by atoms with Gasteiger partial charge in [0.1, 0.15) is 17.1 Å². The lowest BCUT2D eigenvalue weighted by Crippen LogP contribution is -2.04. The second kappa shape index (κ2) is 9.05. The SMILES string of the molecule is CCOC(=O)c1cc(Oc2ccc(SOOC)cc2)c2cc(C(F)F)oc2c1. The van der Waals surface area contributed by atoms with Gasteiger partial charge < -0.3 is 13.9 Å². The van der Waals surface area contributed by atoms with E-state index in [0.717, 1.165) is 16.9 Å². The molecule has 0 bridgehead atoms. The fraction of sp³-hybridized carbons (Fsp3) is 0.211. The molecule has 0 aliphatic heterocycles. The molecule has 0 fully saturated rings. The molecule has 1 aromatic heterocycles. The topological polar surface area (TPSA) is 67.1 Å². The molecule has 2 aromatic carbocycles. The second-order valence-corrected chi connectivity index (χ2v) is 6.22. The first-order valence-electron chi connectivity index (χ1n) is 8.19. The molecule has 6 nitrogen and oxygen atoms in total. The zero-order chi connectivity index (χ0) is 20.1. The Labute approximate surface area is 163 Å². The molecule has 148 valence electrons. The van der Waals surface area contributed by atoms with E-state index in [1.54, 1.807) is 31.2 Å². The van der Waals surface area contributed by atoms with Gasteiger partial charge in [0.25, 0.3) is 6.43 Å². The van der Waals surface area contributed by atoms with Gasteiger partial charge >= 0.3 is 5.97 Å². The van der Waals surface area contributed by atoms with E-state index in [1.165, 1.54) is 25.3 Å². The lowest BCUT2D eigenvalue weighted by Gasteiger charge is -2.09. The Morgan fingerprint density at radius 2 is 1.93 bits per heavy atom. The number of furan rings is 1. The smallest absolute Gasteiger partial charge is 0.338 e. The van der Waals surface area contributed by atoms with Crippen LogP contribution in [-0.4, -0.2) is 19.7 Å². The molecular formula is C19H16F2O6S. The van der Waals surface area contributed by atoms with Crippen molar-refractivity contribution in [1.82, 2.24) is 0 Å². The van der Waals surface area contributed by atoms with Crippen LogP contribution in [0, 0.1) is 0 Å². The minimum Gasteiger partial charge on any atom is -0.462 e. The summed E-state index contributed by atoms with van der Waals surface area (Å²) < 4.78 is 46.8. The van der Waals surface area contributed by atoms with Gasteiger partial charge in [-0.05, 0) is 49.4 Å². The van der Waals surface area contributed by atoms with Crippen molar-refractivity contribution in [3.63, 3.8) is 0 Å². The van der Waals surface area contributed by atoms with E-state index in [-0.39, 0.29) is 23.5 Å². The normalized spacial score (nSPS) is 11.2. The van der Waals surface area contributed by atoms with Crippen LogP contribution in [0.15, 0.2) is 51.8 Å². The standard InChI is InChI=1S/C19H16F2O6S/c1-3-24-19(22)11-8-15(14-10-17(18(20)21)26-16(14)9-11)25-12-4-6-13(7-5-12)28-27-23-2/h4-10,18H,3H2,1-2H3. The lowest BCUT2D eigenvalue weighted by molar-refractivity contribution is -0.160. The molecule has 3 aromatic rings. The average molecular weight is 410 g/mol. The van der Waals surface area contributed by atoms with Gasteiger partial charge in [-0.1, -0.05) is 0 Å². The number of benzene rings is 2. The predicted octanol–water partition coefficient (Wildman–Crippen LogP) is 5.92. The van der Waals surface area contributed by atoms with E-state index in [2.05, 4.69) is 4.89 Å². The van der Waals surface area contributed by atoms with E-state index in [9.17, 15) is 13.6 Å². The Morgan fingerprint density at radius 3 is 2.57 bits per heavy atom. The third kappa shape index (κ3) is 4.61. The minimum absolute atomic E-state index is 0.108. The third-order valence-electron chi connectivity index (χ3n) is 3.59. The number of hydrogen-bond acceptors (Lipinski definition) is 7. The van der Waals surface area contributed by atoms with Crippen LogP contribution in [0.5, 0.6) is 11.5 Å². The molecule has 0 saturated heterocycles. The summed E-state index contributed by atoms with van der Waals surface area (Å²) in [6.45, 7) is 1.85. The Kier molecular flexibility index (Phi) is 6.50. The molecule has 3 rings (SSSR count). The van der Waals surface area contributed by atoms with Gasteiger partial charge in [0.2, 0.25) is 0 Å². The molecule has 0 unspecified atom stereocenters. The van der Waals surface area contributed by atoms with Crippen LogP contribution in [0.25, 0.3) is 11.0 Å². The van der Waals surface area contributed by atoms with Crippen LogP contribution in [0.4, 0.5) is 8.78 Å². The molecule has 0 atom stereocenters. The van der Waals surface area contributed by atoms with Crippen LogP contribution in [0.1, 0.15) is 29.5 Å². The van der Waals surface area contributed by atoms with E-state index >= 15 is 0 Å². The Hall–Kier alpha value is -2.62. The zero-order valence-corrected chi connectivity index (χ0v) is 15.8. The van der Waals surface area contributed by atoms with Crippen molar-refractivity contribution in [2.75, 3.05) is 13.7 Å². The molecule has 0 radical (unpaired) electrons. The Balaban J connectivity index is 1.96. The summed E-state index contributed by atoms with van der Waals surface area (Å²) in [4.78, 5) is 17.4. The molecule has 0 N–H and O–H groups in total. The summed E-state index contributed by atoms with van der Waals surface area (Å²) >= 11 is 1.02. The van der Waals surface area contributed by atoms with Gasteiger partial charge in [0, 0.05) is 4.90 Å². The summed E-state index contributed by atoms with van der Waals surface area (Å²) in [5, 5.41) is 0.324. The Morgan fingerprint density at radius 1 is 1.18 bits per heavy atom. The number of ether oxygens (including phenoxy) is 2. The molecule has 9 heteroatoms. The molecule has 0 amide bonds. The summed E-state index contributed by atoms with van der Waals surface area (Å²) in [5.41, 5.74) is 0.247. The van der Waals surface area contributed by atoms with Crippen molar-refractivity contribution < 1.29 is 36.7 Å². The quantitative estimate of drug-likeness (QED) is 0.197. The molecule has 0 aliphatic rings. The molecule has 0 aliphatic carbocycles. The highest BCUT2D eigenvalue weighted by Gasteiger charge is 2.20. The van der Waals surface area contributed by atoms with Crippen LogP contribution in [0.2, 0.25) is 0 Å². The maximum Gasteiger partial charge on any atom is 0.338 e. The first-order chi connectivity index (χ1) is 13.5. The number of carbonyl (C=O) groups excluding carboxylic acids is 1. The average Bonchev–Trinajstić information content (AvgIpc) is 3.12. The third-order valence-corrected chi connectivity index (χ3v) is 4.26.